The van der Waals surface area contributed by atoms with E-state index in [0.29, 0.717) is 5.69 Å². The standard InChI is InChI=1S/C17H17N3O/c1-2-5-12-8-10-13(11-9-12)18-17(21)16-14-6-3-4-7-15(14)19-20-16/h3-4,6-11H,2,5H2,1H3,(H,18,21)(H,19,20). The largest absolute Gasteiger partial charge is 0.321 e. The van der Waals surface area contributed by atoms with Crippen molar-refractivity contribution < 1.29 is 4.79 Å². The molecule has 4 nitrogen and oxygen atoms in total. The molecule has 0 radical (unpaired) electrons. The fourth-order valence-electron chi connectivity index (χ4n) is 2.37. The summed E-state index contributed by atoms with van der Waals surface area (Å²) < 4.78 is 0. The number of hydrogen-bond donors (Lipinski definition) is 2. The first-order chi connectivity index (χ1) is 10.3. The molecule has 1 aromatic heterocycles. The highest BCUT2D eigenvalue weighted by atomic mass is 16.1. The van der Waals surface area contributed by atoms with Crippen LogP contribution in [-0.4, -0.2) is 16.1 Å². The third kappa shape index (κ3) is 2.79. The Morgan fingerprint density at radius 1 is 1.14 bits per heavy atom. The van der Waals surface area contributed by atoms with E-state index >= 15 is 0 Å². The molecular weight excluding hydrogens is 262 g/mol. The van der Waals surface area contributed by atoms with E-state index in [9.17, 15) is 4.79 Å². The van der Waals surface area contributed by atoms with Gasteiger partial charge in [-0.05, 0) is 30.2 Å². The average Bonchev–Trinajstić information content (AvgIpc) is 2.93. The van der Waals surface area contributed by atoms with Crippen LogP contribution in [-0.2, 0) is 6.42 Å². The van der Waals surface area contributed by atoms with Crippen LogP contribution in [0.5, 0.6) is 0 Å². The second-order valence-corrected chi connectivity index (χ2v) is 5.02. The Bertz CT molecular complexity index is 759. The molecule has 106 valence electrons. The predicted molar refractivity (Wildman–Crippen MR) is 84.5 cm³/mol. The molecule has 0 saturated heterocycles. The number of carbonyl (C=O) groups excluding carboxylic acids is 1. The van der Waals surface area contributed by atoms with Gasteiger partial charge < -0.3 is 5.32 Å². The Hall–Kier alpha value is -2.62. The first kappa shape index (κ1) is 13.4. The number of fused-ring (bicyclic) bond motifs is 1. The van der Waals surface area contributed by atoms with Gasteiger partial charge in [-0.3, -0.25) is 9.89 Å². The lowest BCUT2D eigenvalue weighted by Crippen LogP contribution is -2.12. The Morgan fingerprint density at radius 2 is 1.90 bits per heavy atom. The Labute approximate surface area is 123 Å². The SMILES string of the molecule is CCCc1ccc(NC(=O)c2n[nH]c3ccccc23)cc1. The van der Waals surface area contributed by atoms with Crippen LogP contribution in [0.1, 0.15) is 29.4 Å². The molecule has 0 bridgehead atoms. The number of amides is 1. The van der Waals surface area contributed by atoms with Crippen molar-refractivity contribution in [2.24, 2.45) is 0 Å². The lowest BCUT2D eigenvalue weighted by molar-refractivity contribution is 0.102. The van der Waals surface area contributed by atoms with E-state index in [-0.39, 0.29) is 5.91 Å². The number of aromatic amines is 1. The molecule has 2 N–H and O–H groups in total. The third-order valence-corrected chi connectivity index (χ3v) is 3.44. The molecule has 0 unspecified atom stereocenters. The second-order valence-electron chi connectivity index (χ2n) is 5.02. The number of anilines is 1. The van der Waals surface area contributed by atoms with Crippen molar-refractivity contribution in [3.05, 3.63) is 59.8 Å². The van der Waals surface area contributed by atoms with Crippen LogP contribution in [0.3, 0.4) is 0 Å². The number of rotatable bonds is 4. The minimum absolute atomic E-state index is 0.198. The number of H-pyrrole nitrogens is 1. The van der Waals surface area contributed by atoms with E-state index in [1.807, 2.05) is 48.5 Å². The second kappa shape index (κ2) is 5.79. The molecule has 0 spiro atoms. The van der Waals surface area contributed by atoms with Crippen LogP contribution in [0, 0.1) is 0 Å². The van der Waals surface area contributed by atoms with Gasteiger partial charge in [0.25, 0.3) is 5.91 Å². The van der Waals surface area contributed by atoms with Crippen molar-refractivity contribution in [1.29, 1.82) is 0 Å². The lowest BCUT2D eigenvalue weighted by Gasteiger charge is -2.05. The highest BCUT2D eigenvalue weighted by Gasteiger charge is 2.13. The summed E-state index contributed by atoms with van der Waals surface area (Å²) in [6, 6.07) is 15.5. The molecule has 3 aromatic rings. The minimum atomic E-state index is -0.198. The van der Waals surface area contributed by atoms with Gasteiger partial charge in [0.1, 0.15) is 0 Å². The van der Waals surface area contributed by atoms with E-state index in [2.05, 4.69) is 22.4 Å². The van der Waals surface area contributed by atoms with Gasteiger partial charge in [-0.25, -0.2) is 0 Å². The maximum absolute atomic E-state index is 12.3. The fourth-order valence-corrected chi connectivity index (χ4v) is 2.37. The van der Waals surface area contributed by atoms with E-state index in [4.69, 9.17) is 0 Å². The fraction of sp³-hybridized carbons (Fsp3) is 0.176. The van der Waals surface area contributed by atoms with Crippen molar-refractivity contribution in [2.75, 3.05) is 5.32 Å². The first-order valence-electron chi connectivity index (χ1n) is 7.11. The quantitative estimate of drug-likeness (QED) is 0.763. The van der Waals surface area contributed by atoms with Gasteiger partial charge in [-0.15, -0.1) is 0 Å². The normalized spacial score (nSPS) is 10.7. The van der Waals surface area contributed by atoms with Crippen LogP contribution in [0.4, 0.5) is 5.69 Å². The Kier molecular flexibility index (Phi) is 3.69. The number of para-hydroxylation sites is 1. The van der Waals surface area contributed by atoms with E-state index < -0.39 is 0 Å². The molecule has 2 aromatic carbocycles. The molecule has 4 heteroatoms. The average molecular weight is 279 g/mol. The lowest BCUT2D eigenvalue weighted by atomic mass is 10.1. The zero-order valence-corrected chi connectivity index (χ0v) is 11.9. The molecular formula is C17H17N3O. The number of benzene rings is 2. The van der Waals surface area contributed by atoms with Crippen molar-refractivity contribution in [1.82, 2.24) is 10.2 Å². The van der Waals surface area contributed by atoms with Crippen molar-refractivity contribution in [3.8, 4) is 0 Å². The molecule has 0 saturated carbocycles. The van der Waals surface area contributed by atoms with Gasteiger partial charge in [-0.2, -0.15) is 5.10 Å². The van der Waals surface area contributed by atoms with Gasteiger partial charge in [0.2, 0.25) is 0 Å². The highest BCUT2D eigenvalue weighted by molar-refractivity contribution is 6.11. The minimum Gasteiger partial charge on any atom is -0.321 e. The molecule has 0 fully saturated rings. The zero-order chi connectivity index (χ0) is 14.7. The molecule has 1 heterocycles. The van der Waals surface area contributed by atoms with Crippen LogP contribution in [0.15, 0.2) is 48.5 Å². The predicted octanol–water partition coefficient (Wildman–Crippen LogP) is 3.77. The van der Waals surface area contributed by atoms with Crippen molar-refractivity contribution in [3.63, 3.8) is 0 Å². The molecule has 0 aliphatic carbocycles. The molecule has 1 amide bonds. The number of aromatic nitrogens is 2. The summed E-state index contributed by atoms with van der Waals surface area (Å²) in [4.78, 5) is 12.3. The molecule has 0 aliphatic heterocycles. The first-order valence-corrected chi connectivity index (χ1v) is 7.11. The van der Waals surface area contributed by atoms with Crippen LogP contribution < -0.4 is 5.32 Å². The zero-order valence-electron chi connectivity index (χ0n) is 11.9. The number of nitrogens with one attached hydrogen (secondary N) is 2. The van der Waals surface area contributed by atoms with Gasteiger partial charge in [-0.1, -0.05) is 43.7 Å². The summed E-state index contributed by atoms with van der Waals surface area (Å²) in [5, 5.41) is 10.7. The molecule has 0 aliphatic rings. The third-order valence-electron chi connectivity index (χ3n) is 3.44. The summed E-state index contributed by atoms with van der Waals surface area (Å²) in [7, 11) is 0. The number of hydrogen-bond acceptors (Lipinski definition) is 2. The van der Waals surface area contributed by atoms with E-state index in [1.165, 1.54) is 5.56 Å². The highest BCUT2D eigenvalue weighted by Crippen LogP contribution is 2.17. The molecule has 0 atom stereocenters. The van der Waals surface area contributed by atoms with E-state index in [0.717, 1.165) is 29.4 Å². The van der Waals surface area contributed by atoms with Gasteiger partial charge in [0, 0.05) is 11.1 Å². The summed E-state index contributed by atoms with van der Waals surface area (Å²) in [5.41, 5.74) is 3.34. The maximum Gasteiger partial charge on any atom is 0.276 e. The summed E-state index contributed by atoms with van der Waals surface area (Å²) in [6.07, 6.45) is 2.17. The Morgan fingerprint density at radius 3 is 2.67 bits per heavy atom. The molecule has 21 heavy (non-hydrogen) atoms. The number of aryl methyl sites for hydroxylation is 1. The summed E-state index contributed by atoms with van der Waals surface area (Å²) >= 11 is 0. The van der Waals surface area contributed by atoms with Crippen LogP contribution >= 0.6 is 0 Å². The topological polar surface area (TPSA) is 57.8 Å². The number of carbonyl (C=O) groups is 1. The van der Waals surface area contributed by atoms with Crippen LogP contribution in [0.25, 0.3) is 10.9 Å². The van der Waals surface area contributed by atoms with Gasteiger partial charge in [0.05, 0.1) is 5.52 Å². The van der Waals surface area contributed by atoms with Crippen LogP contribution in [0.2, 0.25) is 0 Å². The maximum atomic E-state index is 12.3. The van der Waals surface area contributed by atoms with Crippen molar-refractivity contribution in [2.45, 2.75) is 19.8 Å². The summed E-state index contributed by atoms with van der Waals surface area (Å²) in [6.45, 7) is 2.15. The smallest absolute Gasteiger partial charge is 0.276 e. The van der Waals surface area contributed by atoms with E-state index in [1.54, 1.807) is 0 Å². The summed E-state index contributed by atoms with van der Waals surface area (Å²) in [5.74, 6) is -0.198. The number of nitrogens with zero attached hydrogens (tertiary/aromatic N) is 1. The van der Waals surface area contributed by atoms with Gasteiger partial charge in [0.15, 0.2) is 5.69 Å². The van der Waals surface area contributed by atoms with Gasteiger partial charge >= 0.3 is 0 Å². The van der Waals surface area contributed by atoms with Crippen molar-refractivity contribution >= 4 is 22.5 Å². The Balaban J connectivity index is 1.79. The molecule has 3 rings (SSSR count). The monoisotopic (exact) mass is 279 g/mol.